The first-order valence-electron chi connectivity index (χ1n) is 7.68. The van der Waals surface area contributed by atoms with Crippen molar-refractivity contribution in [2.24, 2.45) is 0 Å². The number of carbonyl (C=O) groups excluding carboxylic acids is 2. The summed E-state index contributed by atoms with van der Waals surface area (Å²) < 4.78 is 0.407. The van der Waals surface area contributed by atoms with E-state index in [0.717, 1.165) is 11.8 Å². The van der Waals surface area contributed by atoms with Gasteiger partial charge in [-0.15, -0.1) is 0 Å². The van der Waals surface area contributed by atoms with Crippen molar-refractivity contribution in [1.29, 1.82) is 0 Å². The Morgan fingerprint density at radius 3 is 2.73 bits per heavy atom. The molecule has 1 aliphatic heterocycles. The predicted octanol–water partition coefficient (Wildman–Crippen LogP) is 2.76. The molecule has 0 spiro atoms. The summed E-state index contributed by atoms with van der Waals surface area (Å²) in [4.78, 5) is 35.0. The van der Waals surface area contributed by atoms with Crippen LogP contribution in [0.3, 0.4) is 0 Å². The summed E-state index contributed by atoms with van der Waals surface area (Å²) >= 11 is 12.1. The van der Waals surface area contributed by atoms with Crippen molar-refractivity contribution >= 4 is 63.5 Å². The molecule has 2 rings (SSSR count). The van der Waals surface area contributed by atoms with Crippen molar-refractivity contribution in [3.63, 3.8) is 0 Å². The molecule has 0 aliphatic carbocycles. The van der Waals surface area contributed by atoms with Crippen molar-refractivity contribution in [2.45, 2.75) is 25.7 Å². The maximum atomic E-state index is 12.5. The van der Waals surface area contributed by atoms with E-state index in [9.17, 15) is 24.8 Å². The van der Waals surface area contributed by atoms with Crippen LogP contribution in [0.1, 0.15) is 31.2 Å². The van der Waals surface area contributed by atoms with Gasteiger partial charge < -0.3 is 9.90 Å². The second-order valence-electron chi connectivity index (χ2n) is 5.48. The smallest absolute Gasteiger partial charge is 0.288 e. The first-order valence-corrected chi connectivity index (χ1v) is 9.29. The van der Waals surface area contributed by atoms with Crippen LogP contribution in [-0.2, 0) is 9.59 Å². The molecule has 1 aromatic carbocycles. The zero-order valence-electron chi connectivity index (χ0n) is 13.5. The molecular formula is C16H14ClN2O5S2-. The lowest BCUT2D eigenvalue weighted by atomic mass is 10.1. The first kappa shape index (κ1) is 20.3. The molecule has 0 N–H and O–H groups in total. The summed E-state index contributed by atoms with van der Waals surface area (Å²) in [5, 5.41) is 21.3. The Morgan fingerprint density at radius 1 is 1.35 bits per heavy atom. The van der Waals surface area contributed by atoms with Gasteiger partial charge in [-0.05, 0) is 37.0 Å². The number of nitro benzene ring substituents is 1. The summed E-state index contributed by atoms with van der Waals surface area (Å²) in [7, 11) is 0. The molecule has 1 fully saturated rings. The van der Waals surface area contributed by atoms with E-state index in [0.29, 0.717) is 40.6 Å². The Balaban J connectivity index is 2.03. The zero-order valence-corrected chi connectivity index (χ0v) is 15.9. The predicted molar refractivity (Wildman–Crippen MR) is 101 cm³/mol. The van der Waals surface area contributed by atoms with Crippen LogP contribution in [0.5, 0.6) is 0 Å². The third-order valence-electron chi connectivity index (χ3n) is 3.60. The molecule has 1 aliphatic rings. The van der Waals surface area contributed by atoms with E-state index in [-0.39, 0.29) is 23.0 Å². The average Bonchev–Trinajstić information content (AvgIpc) is 2.83. The maximum absolute atomic E-state index is 12.5. The number of nitrogens with zero attached hydrogens (tertiary/aromatic N) is 2. The number of thiocarbonyl (C=S) groups is 1. The van der Waals surface area contributed by atoms with Crippen LogP contribution in [0.2, 0.25) is 5.02 Å². The van der Waals surface area contributed by atoms with Gasteiger partial charge in [0.1, 0.15) is 9.34 Å². The fourth-order valence-electron chi connectivity index (χ4n) is 2.32. The number of amides is 1. The maximum Gasteiger partial charge on any atom is 0.288 e. The average molecular weight is 414 g/mol. The molecule has 1 amide bonds. The zero-order chi connectivity index (χ0) is 19.3. The fraction of sp³-hybridized carbons (Fsp3) is 0.312. The topological polar surface area (TPSA) is 104 Å². The van der Waals surface area contributed by atoms with Gasteiger partial charge in [-0.2, -0.15) is 0 Å². The van der Waals surface area contributed by atoms with Crippen LogP contribution in [0.4, 0.5) is 5.69 Å². The van der Waals surface area contributed by atoms with E-state index in [1.807, 2.05) is 0 Å². The number of thioether (sulfide) groups is 1. The highest BCUT2D eigenvalue weighted by Crippen LogP contribution is 2.34. The number of carboxylic acids is 1. The summed E-state index contributed by atoms with van der Waals surface area (Å²) in [5.41, 5.74) is 0.249. The van der Waals surface area contributed by atoms with Gasteiger partial charge >= 0.3 is 0 Å². The number of rotatable bonds is 8. The Labute approximate surface area is 164 Å². The third-order valence-corrected chi connectivity index (χ3v) is 5.30. The van der Waals surface area contributed by atoms with Crippen LogP contribution in [-0.4, -0.2) is 32.6 Å². The van der Waals surface area contributed by atoms with Crippen molar-refractivity contribution in [2.75, 3.05) is 6.54 Å². The summed E-state index contributed by atoms with van der Waals surface area (Å²) in [6.07, 6.45) is 3.29. The molecule has 1 aromatic rings. The van der Waals surface area contributed by atoms with E-state index in [4.69, 9.17) is 23.8 Å². The number of hydrogen-bond donors (Lipinski definition) is 0. The quantitative estimate of drug-likeness (QED) is 0.212. The van der Waals surface area contributed by atoms with E-state index in [2.05, 4.69) is 0 Å². The molecule has 0 radical (unpaired) electrons. The van der Waals surface area contributed by atoms with E-state index >= 15 is 0 Å². The highest BCUT2D eigenvalue weighted by Gasteiger charge is 2.31. The first-order chi connectivity index (χ1) is 12.3. The Kier molecular flexibility index (Phi) is 7.13. The number of nitro groups is 1. The van der Waals surface area contributed by atoms with Crippen molar-refractivity contribution in [1.82, 2.24) is 4.90 Å². The molecule has 10 heteroatoms. The minimum absolute atomic E-state index is 0.00631. The summed E-state index contributed by atoms with van der Waals surface area (Å²) in [6, 6.07) is 4.29. The number of unbranched alkanes of at least 4 members (excludes halogenated alkanes) is 2. The van der Waals surface area contributed by atoms with Crippen LogP contribution < -0.4 is 5.11 Å². The minimum Gasteiger partial charge on any atom is -0.550 e. The number of hydrogen-bond acceptors (Lipinski definition) is 7. The second kappa shape index (κ2) is 9.11. The number of aliphatic carboxylic acids is 1. The molecule has 7 nitrogen and oxygen atoms in total. The second-order valence-corrected chi connectivity index (χ2v) is 7.57. The van der Waals surface area contributed by atoms with Crippen molar-refractivity contribution in [3.05, 3.63) is 43.8 Å². The van der Waals surface area contributed by atoms with E-state index in [1.54, 1.807) is 12.1 Å². The normalized spacial score (nSPS) is 15.7. The van der Waals surface area contributed by atoms with Crippen LogP contribution in [0.15, 0.2) is 23.1 Å². The van der Waals surface area contributed by atoms with Crippen LogP contribution in [0, 0.1) is 10.1 Å². The summed E-state index contributed by atoms with van der Waals surface area (Å²) in [5.74, 6) is -1.35. The van der Waals surface area contributed by atoms with Crippen LogP contribution in [0.25, 0.3) is 6.08 Å². The Bertz CT molecular complexity index is 797. The molecule has 0 aromatic heterocycles. The van der Waals surface area contributed by atoms with Gasteiger partial charge in [-0.25, -0.2) is 0 Å². The number of benzene rings is 1. The molecule has 0 atom stereocenters. The molecular weight excluding hydrogens is 400 g/mol. The third kappa shape index (κ3) is 5.26. The van der Waals surface area contributed by atoms with Gasteiger partial charge in [0.2, 0.25) is 0 Å². The lowest BCUT2D eigenvalue weighted by molar-refractivity contribution is -0.384. The molecule has 0 bridgehead atoms. The van der Waals surface area contributed by atoms with Gasteiger partial charge in [0, 0.05) is 18.6 Å². The van der Waals surface area contributed by atoms with E-state index in [1.165, 1.54) is 17.0 Å². The van der Waals surface area contributed by atoms with Gasteiger partial charge in [0.05, 0.1) is 9.83 Å². The molecule has 1 saturated heterocycles. The van der Waals surface area contributed by atoms with Gasteiger partial charge in [0.15, 0.2) is 0 Å². The molecule has 0 unspecified atom stereocenters. The standard InChI is InChI=1S/C16H15ClN2O5S2/c17-11-6-5-10(8-12(11)19(23)24)9-13-15(22)18(16(25)26-13)7-3-1-2-4-14(20)21/h5-6,8-9H,1-4,7H2,(H,20,21)/p-1/b13-9+. The van der Waals surface area contributed by atoms with Crippen LogP contribution >= 0.6 is 35.6 Å². The molecule has 138 valence electrons. The van der Waals surface area contributed by atoms with Gasteiger partial charge in [-0.3, -0.25) is 19.8 Å². The lowest BCUT2D eigenvalue weighted by Crippen LogP contribution is -2.29. The summed E-state index contributed by atoms with van der Waals surface area (Å²) in [6.45, 7) is 0.399. The molecule has 0 saturated carbocycles. The van der Waals surface area contributed by atoms with Crippen molar-refractivity contribution < 1.29 is 19.6 Å². The largest absolute Gasteiger partial charge is 0.550 e. The lowest BCUT2D eigenvalue weighted by Gasteiger charge is -2.14. The fourth-order valence-corrected chi connectivity index (χ4v) is 3.81. The Hall–Kier alpha value is -1.97. The number of carbonyl (C=O) groups is 2. The monoisotopic (exact) mass is 413 g/mol. The number of halogens is 1. The van der Waals surface area contributed by atoms with E-state index < -0.39 is 10.9 Å². The SMILES string of the molecule is O=C([O-])CCCCCN1C(=O)/C(=C\c2ccc(Cl)c([N+](=O)[O-])c2)SC1=S. The highest BCUT2D eigenvalue weighted by atomic mass is 35.5. The molecule has 1 heterocycles. The Morgan fingerprint density at radius 2 is 2.08 bits per heavy atom. The van der Waals surface area contributed by atoms with Crippen molar-refractivity contribution in [3.8, 4) is 0 Å². The minimum atomic E-state index is -1.09. The van der Waals surface area contributed by atoms with Gasteiger partial charge in [0.25, 0.3) is 11.6 Å². The van der Waals surface area contributed by atoms with Gasteiger partial charge in [-0.1, -0.05) is 48.1 Å². The number of carboxylic acid groups (broad SMARTS) is 1. The molecule has 26 heavy (non-hydrogen) atoms. The highest BCUT2D eigenvalue weighted by molar-refractivity contribution is 8.26.